The van der Waals surface area contributed by atoms with Crippen molar-refractivity contribution in [3.8, 4) is 0 Å². The van der Waals surface area contributed by atoms with E-state index in [2.05, 4.69) is 5.32 Å². The molecule has 4 nitrogen and oxygen atoms in total. The van der Waals surface area contributed by atoms with Gasteiger partial charge in [-0.1, -0.05) is 0 Å². The van der Waals surface area contributed by atoms with Crippen LogP contribution in [-0.4, -0.2) is 48.2 Å². The van der Waals surface area contributed by atoms with Crippen LogP contribution in [0.15, 0.2) is 0 Å². The maximum atomic E-state index is 11.4. The van der Waals surface area contributed by atoms with Gasteiger partial charge in [0.25, 0.3) is 0 Å². The molecule has 0 aromatic carbocycles. The van der Waals surface area contributed by atoms with Gasteiger partial charge in [0.05, 0.1) is 12.6 Å². The Balaban J connectivity index is 2.16. The van der Waals surface area contributed by atoms with Gasteiger partial charge in [-0.2, -0.15) is 0 Å². The van der Waals surface area contributed by atoms with Crippen molar-refractivity contribution in [2.45, 2.75) is 38.8 Å². The van der Waals surface area contributed by atoms with Crippen LogP contribution < -0.4 is 5.32 Å². The first-order valence-electron chi connectivity index (χ1n) is 5.65. The molecule has 0 aromatic heterocycles. The Bertz CT molecular complexity index is 215. The zero-order valence-electron chi connectivity index (χ0n) is 9.86. The second-order valence-corrected chi connectivity index (χ2v) is 4.82. The van der Waals surface area contributed by atoms with Crippen LogP contribution in [0, 0.1) is 5.92 Å². The molecule has 0 aromatic rings. The number of amides is 1. The number of carbonyl (C=O) groups is 1. The number of hydrogen-bond donors (Lipinski definition) is 2. The third-order valence-corrected chi connectivity index (χ3v) is 2.53. The van der Waals surface area contributed by atoms with Crippen molar-refractivity contribution in [1.82, 2.24) is 10.2 Å². The molecule has 1 aliphatic rings. The Morgan fingerprint density at radius 3 is 2.60 bits per heavy atom. The molecule has 1 rings (SSSR count). The summed E-state index contributed by atoms with van der Waals surface area (Å²) in [5.74, 6) is 0.496. The highest BCUT2D eigenvalue weighted by Gasteiger charge is 2.30. The lowest BCUT2D eigenvalue weighted by Crippen LogP contribution is -2.41. The average molecular weight is 214 g/mol. The van der Waals surface area contributed by atoms with Crippen LogP contribution in [0.25, 0.3) is 0 Å². The van der Waals surface area contributed by atoms with Crippen LogP contribution in [-0.2, 0) is 4.79 Å². The van der Waals surface area contributed by atoms with Gasteiger partial charge in [0.15, 0.2) is 0 Å². The van der Waals surface area contributed by atoms with Crippen molar-refractivity contribution in [1.29, 1.82) is 0 Å². The summed E-state index contributed by atoms with van der Waals surface area (Å²) in [6, 6.07) is 0.180. The fraction of sp³-hybridized carbons (Fsp3) is 0.909. The molecular formula is C11H22N2O2. The van der Waals surface area contributed by atoms with Gasteiger partial charge in [0, 0.05) is 12.6 Å². The Morgan fingerprint density at radius 1 is 1.53 bits per heavy atom. The molecule has 0 saturated heterocycles. The van der Waals surface area contributed by atoms with E-state index in [9.17, 15) is 9.90 Å². The SMILES string of the molecule is CC(C)NC(=O)CN(C)CC(O)C1CC1. The van der Waals surface area contributed by atoms with Crippen LogP contribution in [0.4, 0.5) is 0 Å². The second-order valence-electron chi connectivity index (χ2n) is 4.82. The third kappa shape index (κ3) is 5.14. The Kier molecular flexibility index (Phi) is 4.54. The van der Waals surface area contributed by atoms with Crippen molar-refractivity contribution in [3.05, 3.63) is 0 Å². The highest BCUT2D eigenvalue weighted by atomic mass is 16.3. The number of nitrogens with zero attached hydrogens (tertiary/aromatic N) is 1. The van der Waals surface area contributed by atoms with Gasteiger partial charge in [-0.15, -0.1) is 0 Å². The normalized spacial score (nSPS) is 18.3. The Hall–Kier alpha value is -0.610. The largest absolute Gasteiger partial charge is 0.392 e. The monoisotopic (exact) mass is 214 g/mol. The molecule has 0 aliphatic heterocycles. The molecule has 0 spiro atoms. The van der Waals surface area contributed by atoms with E-state index in [-0.39, 0.29) is 18.1 Å². The highest BCUT2D eigenvalue weighted by molar-refractivity contribution is 5.78. The number of likely N-dealkylation sites (N-methyl/N-ethyl adjacent to an activating group) is 1. The molecule has 0 radical (unpaired) electrons. The molecule has 4 heteroatoms. The number of aliphatic hydroxyl groups excluding tert-OH is 1. The lowest BCUT2D eigenvalue weighted by Gasteiger charge is -2.20. The second kappa shape index (κ2) is 5.47. The molecular weight excluding hydrogens is 192 g/mol. The number of rotatable bonds is 6. The Morgan fingerprint density at radius 2 is 2.13 bits per heavy atom. The van der Waals surface area contributed by atoms with Crippen LogP contribution in [0.5, 0.6) is 0 Å². The first kappa shape index (κ1) is 12.5. The minimum Gasteiger partial charge on any atom is -0.392 e. The van der Waals surface area contributed by atoms with Crippen molar-refractivity contribution < 1.29 is 9.90 Å². The molecule has 15 heavy (non-hydrogen) atoms. The van der Waals surface area contributed by atoms with Gasteiger partial charge < -0.3 is 10.4 Å². The van der Waals surface area contributed by atoms with E-state index < -0.39 is 0 Å². The van der Waals surface area contributed by atoms with E-state index in [0.717, 1.165) is 12.8 Å². The molecule has 1 aliphatic carbocycles. The van der Waals surface area contributed by atoms with Crippen LogP contribution >= 0.6 is 0 Å². The summed E-state index contributed by atoms with van der Waals surface area (Å²) in [5, 5.41) is 12.5. The molecule has 1 fully saturated rings. The average Bonchev–Trinajstić information content (AvgIpc) is 2.82. The van der Waals surface area contributed by atoms with Crippen LogP contribution in [0.1, 0.15) is 26.7 Å². The van der Waals surface area contributed by atoms with E-state index in [1.165, 1.54) is 0 Å². The summed E-state index contributed by atoms with van der Waals surface area (Å²) >= 11 is 0. The summed E-state index contributed by atoms with van der Waals surface area (Å²) < 4.78 is 0. The topological polar surface area (TPSA) is 52.6 Å². The quantitative estimate of drug-likeness (QED) is 0.665. The molecule has 1 unspecified atom stereocenters. The van der Waals surface area contributed by atoms with Gasteiger partial charge >= 0.3 is 0 Å². The predicted molar refractivity (Wildman–Crippen MR) is 59.5 cm³/mol. The van der Waals surface area contributed by atoms with Gasteiger partial charge in [0.1, 0.15) is 0 Å². The standard InChI is InChI=1S/C11H22N2O2/c1-8(2)12-11(15)7-13(3)6-10(14)9-4-5-9/h8-10,14H,4-7H2,1-3H3,(H,12,15). The molecule has 0 heterocycles. The molecule has 0 bridgehead atoms. The van der Waals surface area contributed by atoms with Crippen molar-refractivity contribution in [2.75, 3.05) is 20.1 Å². The molecule has 88 valence electrons. The van der Waals surface area contributed by atoms with Crippen molar-refractivity contribution in [3.63, 3.8) is 0 Å². The molecule has 1 amide bonds. The third-order valence-electron chi connectivity index (χ3n) is 2.53. The minimum atomic E-state index is -0.262. The van der Waals surface area contributed by atoms with Crippen molar-refractivity contribution >= 4 is 5.91 Å². The summed E-state index contributed by atoms with van der Waals surface area (Å²) in [6.45, 7) is 4.84. The maximum Gasteiger partial charge on any atom is 0.234 e. The van der Waals surface area contributed by atoms with Crippen LogP contribution in [0.2, 0.25) is 0 Å². The maximum absolute atomic E-state index is 11.4. The summed E-state index contributed by atoms with van der Waals surface area (Å²) in [7, 11) is 1.87. The van der Waals surface area contributed by atoms with Gasteiger partial charge in [-0.05, 0) is 39.7 Å². The predicted octanol–water partition coefficient (Wildman–Crippen LogP) is 0.214. The zero-order chi connectivity index (χ0) is 11.4. The van der Waals surface area contributed by atoms with Gasteiger partial charge in [-0.3, -0.25) is 9.69 Å². The first-order valence-corrected chi connectivity index (χ1v) is 5.65. The smallest absolute Gasteiger partial charge is 0.234 e. The number of carbonyl (C=O) groups excluding carboxylic acids is 1. The van der Waals surface area contributed by atoms with Crippen molar-refractivity contribution in [2.24, 2.45) is 5.92 Å². The number of aliphatic hydroxyl groups is 1. The van der Waals surface area contributed by atoms with E-state index >= 15 is 0 Å². The molecule has 1 saturated carbocycles. The first-order chi connectivity index (χ1) is 6.99. The minimum absolute atomic E-state index is 0.0236. The van der Waals surface area contributed by atoms with Gasteiger partial charge in [-0.25, -0.2) is 0 Å². The highest BCUT2D eigenvalue weighted by Crippen LogP contribution is 2.32. The lowest BCUT2D eigenvalue weighted by molar-refractivity contribution is -0.122. The summed E-state index contributed by atoms with van der Waals surface area (Å²) in [5.41, 5.74) is 0. The van der Waals surface area contributed by atoms with Gasteiger partial charge in [0.2, 0.25) is 5.91 Å². The fourth-order valence-corrected chi connectivity index (χ4v) is 1.63. The number of nitrogens with one attached hydrogen (secondary N) is 1. The van der Waals surface area contributed by atoms with E-state index in [1.54, 1.807) is 0 Å². The summed E-state index contributed by atoms with van der Waals surface area (Å²) in [6.07, 6.45) is 2.00. The number of hydrogen-bond acceptors (Lipinski definition) is 3. The zero-order valence-corrected chi connectivity index (χ0v) is 9.86. The molecule has 1 atom stereocenters. The van der Waals surface area contributed by atoms with Crippen LogP contribution in [0.3, 0.4) is 0 Å². The van der Waals surface area contributed by atoms with E-state index in [1.807, 2.05) is 25.8 Å². The summed E-state index contributed by atoms with van der Waals surface area (Å²) in [4.78, 5) is 13.3. The Labute approximate surface area is 91.6 Å². The fourth-order valence-electron chi connectivity index (χ4n) is 1.63. The van der Waals surface area contributed by atoms with E-state index in [0.29, 0.717) is 19.0 Å². The van der Waals surface area contributed by atoms with E-state index in [4.69, 9.17) is 0 Å². The molecule has 2 N–H and O–H groups in total. The lowest BCUT2D eigenvalue weighted by atomic mass is 10.2.